The van der Waals surface area contributed by atoms with E-state index in [4.69, 9.17) is 32.3 Å². The summed E-state index contributed by atoms with van der Waals surface area (Å²) in [4.78, 5) is 44.7. The van der Waals surface area contributed by atoms with Crippen LogP contribution in [0.15, 0.2) is 88.5 Å². The molecule has 44 heavy (non-hydrogen) atoms. The molecule has 1 fully saturated rings. The van der Waals surface area contributed by atoms with Crippen molar-refractivity contribution in [3.63, 3.8) is 0 Å². The van der Waals surface area contributed by atoms with Gasteiger partial charge in [0, 0.05) is 42.2 Å². The number of hydrogen-bond acceptors (Lipinski definition) is 7. The van der Waals surface area contributed by atoms with E-state index >= 15 is 0 Å². The van der Waals surface area contributed by atoms with E-state index in [-0.39, 0.29) is 12.6 Å². The van der Waals surface area contributed by atoms with Crippen LogP contribution in [0.25, 0.3) is 33.3 Å². The van der Waals surface area contributed by atoms with Gasteiger partial charge in [0.25, 0.3) is 5.56 Å². The zero-order valence-electron chi connectivity index (χ0n) is 24.2. The minimum Gasteiger partial charge on any atom is -0.341 e. The minimum atomic E-state index is -0.496. The Hall–Kier alpha value is -4.80. The number of fused-ring (bicyclic) bond motifs is 2. The Bertz CT molecular complexity index is 2140. The monoisotopic (exact) mass is 606 g/mol. The molecule has 0 bridgehead atoms. The lowest BCUT2D eigenvalue weighted by Gasteiger charge is -2.32. The Morgan fingerprint density at radius 1 is 0.886 bits per heavy atom. The average Bonchev–Trinajstić information content (AvgIpc) is 3.42. The van der Waals surface area contributed by atoms with Crippen molar-refractivity contribution in [2.45, 2.75) is 32.0 Å². The molecule has 1 saturated heterocycles. The van der Waals surface area contributed by atoms with Crippen LogP contribution >= 0.6 is 11.6 Å². The predicted molar refractivity (Wildman–Crippen MR) is 173 cm³/mol. The molecule has 222 valence electrons. The number of aryl methyl sites for hydroxylation is 1. The number of aromatic nitrogens is 6. The normalized spacial score (nSPS) is 15.3. The maximum absolute atomic E-state index is 14.3. The third-order valence-corrected chi connectivity index (χ3v) is 8.60. The summed E-state index contributed by atoms with van der Waals surface area (Å²) in [5, 5.41) is 1.47. The van der Waals surface area contributed by atoms with Gasteiger partial charge < -0.3 is 10.6 Å². The van der Waals surface area contributed by atoms with Gasteiger partial charge in [0.15, 0.2) is 11.2 Å². The molecule has 0 radical (unpaired) electrons. The highest BCUT2D eigenvalue weighted by molar-refractivity contribution is 6.31. The average molecular weight is 607 g/mol. The summed E-state index contributed by atoms with van der Waals surface area (Å²) in [6.07, 6.45) is 1.83. The first-order valence-electron chi connectivity index (χ1n) is 14.6. The van der Waals surface area contributed by atoms with Gasteiger partial charge >= 0.3 is 5.69 Å². The lowest BCUT2D eigenvalue weighted by molar-refractivity contribution is 0.495. The van der Waals surface area contributed by atoms with E-state index in [2.05, 4.69) is 4.90 Å². The van der Waals surface area contributed by atoms with Crippen LogP contribution < -0.4 is 21.9 Å². The predicted octanol–water partition coefficient (Wildman–Crippen LogP) is 4.18. The quantitative estimate of drug-likeness (QED) is 0.302. The van der Waals surface area contributed by atoms with E-state index in [0.29, 0.717) is 41.0 Å². The van der Waals surface area contributed by atoms with Crippen molar-refractivity contribution in [2.75, 3.05) is 18.0 Å². The van der Waals surface area contributed by atoms with Gasteiger partial charge in [-0.3, -0.25) is 18.5 Å². The number of benzene rings is 3. The molecule has 0 spiro atoms. The summed E-state index contributed by atoms with van der Waals surface area (Å²) in [6.45, 7) is 1.54. The second-order valence-corrected chi connectivity index (χ2v) is 11.6. The molecule has 4 heterocycles. The van der Waals surface area contributed by atoms with E-state index in [1.54, 1.807) is 7.05 Å². The molecule has 0 saturated carbocycles. The molecule has 11 heteroatoms. The molecular weight excluding hydrogens is 576 g/mol. The van der Waals surface area contributed by atoms with Gasteiger partial charge in [-0.25, -0.2) is 14.8 Å². The van der Waals surface area contributed by atoms with E-state index in [1.165, 1.54) is 9.13 Å². The second kappa shape index (κ2) is 11.4. The molecule has 0 unspecified atom stereocenters. The molecular formula is C33H31ClN8O2. The molecule has 1 aliphatic rings. The Morgan fingerprint density at radius 2 is 1.64 bits per heavy atom. The fraction of sp³-hybridized carbons (Fsp3) is 0.242. The van der Waals surface area contributed by atoms with Crippen molar-refractivity contribution in [1.82, 2.24) is 28.7 Å². The van der Waals surface area contributed by atoms with Gasteiger partial charge in [0.05, 0.1) is 24.3 Å². The Kier molecular flexibility index (Phi) is 7.23. The van der Waals surface area contributed by atoms with Crippen LogP contribution in [0.2, 0.25) is 5.02 Å². The van der Waals surface area contributed by atoms with Gasteiger partial charge in [-0.05, 0) is 30.5 Å². The summed E-state index contributed by atoms with van der Waals surface area (Å²) in [6, 6.07) is 25.1. The SMILES string of the molecule is Cn1c(=O)n(Cc2nc(-c3ccccc3)c3ccccc3n2)c(=O)c2c1nc(N1CCC[C@@H](N)C1)n2Cc1ccccc1Cl. The first-order chi connectivity index (χ1) is 21.4. The van der Waals surface area contributed by atoms with Gasteiger partial charge in [-0.1, -0.05) is 78.3 Å². The van der Waals surface area contributed by atoms with Crippen LogP contribution in [-0.2, 0) is 20.1 Å². The van der Waals surface area contributed by atoms with Crippen LogP contribution in [0, 0.1) is 0 Å². The molecule has 1 atom stereocenters. The molecule has 6 aromatic rings. The summed E-state index contributed by atoms with van der Waals surface area (Å²) in [5.41, 5.74) is 9.22. The number of nitrogens with zero attached hydrogens (tertiary/aromatic N) is 7. The van der Waals surface area contributed by atoms with Gasteiger partial charge in [0.2, 0.25) is 5.95 Å². The second-order valence-electron chi connectivity index (χ2n) is 11.2. The number of piperidine rings is 1. The molecule has 2 N–H and O–H groups in total. The minimum absolute atomic E-state index is 0.0123. The summed E-state index contributed by atoms with van der Waals surface area (Å²) in [5.74, 6) is 0.953. The standard InChI is InChI=1S/C33H31ClN8O2/c1-39-30-29(41(18-22-12-5-7-15-25(22)34)32(38-30)40-17-9-13-23(35)19-40)31(43)42(33(39)44)20-27-36-26-16-8-6-14-24(26)28(37-27)21-10-3-2-4-11-21/h2-8,10-12,14-16,23H,9,13,17-20,35H2,1H3/t23-/m1/s1. The smallest absolute Gasteiger partial charge is 0.332 e. The number of imidazole rings is 1. The highest BCUT2D eigenvalue weighted by atomic mass is 35.5. The van der Waals surface area contributed by atoms with E-state index in [1.807, 2.05) is 83.4 Å². The van der Waals surface area contributed by atoms with Gasteiger partial charge in [-0.2, -0.15) is 4.98 Å². The fourth-order valence-electron chi connectivity index (χ4n) is 6.03. The first kappa shape index (κ1) is 28.0. The number of nitrogens with two attached hydrogens (primary N) is 1. The van der Waals surface area contributed by atoms with Crippen molar-refractivity contribution in [1.29, 1.82) is 0 Å². The number of halogens is 1. The van der Waals surface area contributed by atoms with E-state index in [0.717, 1.165) is 47.1 Å². The molecule has 3 aromatic carbocycles. The Balaban J connectivity index is 1.42. The van der Waals surface area contributed by atoms with Crippen molar-refractivity contribution >= 4 is 39.6 Å². The summed E-state index contributed by atoms with van der Waals surface area (Å²) < 4.78 is 4.48. The maximum Gasteiger partial charge on any atom is 0.332 e. The lowest BCUT2D eigenvalue weighted by Crippen LogP contribution is -2.44. The van der Waals surface area contributed by atoms with Crippen LogP contribution in [0.3, 0.4) is 0 Å². The molecule has 0 amide bonds. The van der Waals surface area contributed by atoms with Crippen LogP contribution in [0.1, 0.15) is 24.2 Å². The maximum atomic E-state index is 14.3. The fourth-order valence-corrected chi connectivity index (χ4v) is 6.23. The highest BCUT2D eigenvalue weighted by Gasteiger charge is 2.27. The van der Waals surface area contributed by atoms with Crippen molar-refractivity contribution in [3.05, 3.63) is 116 Å². The van der Waals surface area contributed by atoms with Gasteiger partial charge in [0.1, 0.15) is 5.82 Å². The zero-order chi connectivity index (χ0) is 30.4. The number of para-hydroxylation sites is 1. The van der Waals surface area contributed by atoms with Crippen molar-refractivity contribution in [3.8, 4) is 11.3 Å². The number of anilines is 1. The topological polar surface area (TPSA) is 117 Å². The number of hydrogen-bond donors (Lipinski definition) is 1. The third-order valence-electron chi connectivity index (χ3n) is 8.24. The summed E-state index contributed by atoms with van der Waals surface area (Å²) in [7, 11) is 1.63. The Morgan fingerprint density at radius 3 is 2.43 bits per heavy atom. The van der Waals surface area contributed by atoms with Crippen LogP contribution in [0.4, 0.5) is 5.95 Å². The highest BCUT2D eigenvalue weighted by Crippen LogP contribution is 2.28. The van der Waals surface area contributed by atoms with Crippen molar-refractivity contribution < 1.29 is 0 Å². The van der Waals surface area contributed by atoms with Crippen LogP contribution in [0.5, 0.6) is 0 Å². The Labute approximate surface area is 258 Å². The van der Waals surface area contributed by atoms with E-state index in [9.17, 15) is 9.59 Å². The molecule has 1 aliphatic heterocycles. The molecule has 3 aromatic heterocycles. The van der Waals surface area contributed by atoms with Crippen LogP contribution in [-0.4, -0.2) is 47.8 Å². The largest absolute Gasteiger partial charge is 0.341 e. The lowest BCUT2D eigenvalue weighted by atomic mass is 10.1. The zero-order valence-corrected chi connectivity index (χ0v) is 25.0. The number of rotatable bonds is 6. The van der Waals surface area contributed by atoms with E-state index < -0.39 is 11.2 Å². The van der Waals surface area contributed by atoms with Gasteiger partial charge in [-0.15, -0.1) is 0 Å². The van der Waals surface area contributed by atoms with Crippen molar-refractivity contribution in [2.24, 2.45) is 12.8 Å². The molecule has 10 nitrogen and oxygen atoms in total. The third kappa shape index (κ3) is 4.95. The molecule has 7 rings (SSSR count). The first-order valence-corrected chi connectivity index (χ1v) is 15.0. The summed E-state index contributed by atoms with van der Waals surface area (Å²) >= 11 is 6.58. The molecule has 0 aliphatic carbocycles.